The molecule has 24 heteroatoms. The smallest absolute Gasteiger partial charge is 0.160 e. The summed E-state index contributed by atoms with van der Waals surface area (Å²) < 4.78 is 45.3. The van der Waals surface area contributed by atoms with Gasteiger partial charge in [-0.15, -0.1) is 0 Å². The lowest BCUT2D eigenvalue weighted by atomic mass is 10.1. The maximum atomic E-state index is 13.6. The first-order chi connectivity index (χ1) is 49.6. The lowest BCUT2D eigenvalue weighted by Gasteiger charge is -2.10. The largest absolute Gasteiger partial charge is 0.497 e. The summed E-state index contributed by atoms with van der Waals surface area (Å²) in [5.74, 6) is 3.00. The van der Waals surface area contributed by atoms with Crippen LogP contribution in [-0.4, -0.2) is 71.7 Å². The SMILES string of the molecule is COc1cccc(-c2nc3c(C)nccn3c2Nc2ccc(Cl)cc2)c1.COc1cccc(-c2nc3c(C)nccn3c2Nc2cccc(Cl)c2)c1.Cc1nccn2c(Nc3ccc(Cl)c(Cl)c3)c(-c3ccccc3)nc12.Cc1nccn2c(Nc3ccc(F)c(F)c3)c(-c3ccccc3)nc12. The molecule has 18 nitrogen and oxygen atoms in total. The minimum absolute atomic E-state index is 0.437. The van der Waals surface area contributed by atoms with Crippen molar-refractivity contribution in [2.75, 3.05) is 35.5 Å². The highest BCUT2D eigenvalue weighted by Crippen LogP contribution is 2.38. The van der Waals surface area contributed by atoms with E-state index in [1.54, 1.807) is 57.3 Å². The van der Waals surface area contributed by atoms with Crippen LogP contribution >= 0.6 is 46.4 Å². The second kappa shape index (κ2) is 30.7. The number of methoxy groups -OCH3 is 2. The summed E-state index contributed by atoms with van der Waals surface area (Å²) in [7, 11) is 3.31. The molecule has 0 atom stereocenters. The molecule has 0 unspecified atom stereocenters. The minimum Gasteiger partial charge on any atom is -0.497 e. The molecule has 0 aliphatic heterocycles. The molecular weight excluding hydrogens is 1370 g/mol. The Kier molecular flexibility index (Phi) is 20.6. The van der Waals surface area contributed by atoms with Gasteiger partial charge >= 0.3 is 0 Å². The second-order valence-corrected chi connectivity index (χ2v) is 24.7. The number of nitrogens with zero attached hydrogens (tertiary/aromatic N) is 12. The van der Waals surface area contributed by atoms with Crippen LogP contribution in [0.5, 0.6) is 11.5 Å². The Morgan fingerprint density at radius 3 is 1.09 bits per heavy atom. The van der Waals surface area contributed by atoms with E-state index in [1.165, 1.54) is 6.07 Å². The molecule has 8 aromatic heterocycles. The van der Waals surface area contributed by atoms with Gasteiger partial charge in [-0.1, -0.05) is 137 Å². The Labute approximate surface area is 604 Å². The van der Waals surface area contributed by atoms with Gasteiger partial charge in [0.2, 0.25) is 0 Å². The number of hydrogen-bond donors (Lipinski definition) is 4. The van der Waals surface area contributed by atoms with E-state index in [0.29, 0.717) is 42.9 Å². The van der Waals surface area contributed by atoms with E-state index in [1.807, 2.05) is 228 Å². The predicted octanol–water partition coefficient (Wildman–Crippen LogP) is 20.7. The van der Waals surface area contributed by atoms with Crippen LogP contribution in [0.25, 0.3) is 67.6 Å². The monoisotopic (exact) mass is 1430 g/mol. The van der Waals surface area contributed by atoms with Crippen LogP contribution in [-0.2, 0) is 0 Å². The molecule has 0 saturated heterocycles. The average molecular weight is 1440 g/mol. The molecule has 102 heavy (non-hydrogen) atoms. The standard InChI is InChI=1S/2C20H17ClN4O.C19H14Cl2N4.C19H14F2N4/c1-13-19-24-18(14-5-3-8-17(11-14)26-2)20(25(19)10-9-22-13)23-16-7-4-6-15(21)12-16;1-13-19-24-18(14-4-3-5-17(12-14)26-2)20(25(19)11-10-22-13)23-16-8-6-15(21)7-9-16;2*1-12-18-24-17(13-5-3-2-4-6-13)19(25(18)10-9-22-12)23-14-7-8-15(20)16(21)11-14/h2*3-12,23H,1-2H3;2*2-11,23H,1H3. The van der Waals surface area contributed by atoms with Crippen molar-refractivity contribution in [2.45, 2.75) is 27.7 Å². The fourth-order valence-corrected chi connectivity index (χ4v) is 11.8. The molecule has 0 radical (unpaired) electrons. The van der Waals surface area contributed by atoms with Crippen molar-refractivity contribution in [3.63, 3.8) is 0 Å². The first-order valence-corrected chi connectivity index (χ1v) is 33.3. The first-order valence-electron chi connectivity index (χ1n) is 31.8. The Morgan fingerprint density at radius 2 is 0.686 bits per heavy atom. The fourth-order valence-electron chi connectivity index (χ4n) is 11.2. The highest BCUT2D eigenvalue weighted by atomic mass is 35.5. The lowest BCUT2D eigenvalue weighted by Crippen LogP contribution is -1.99. The zero-order valence-electron chi connectivity index (χ0n) is 55.5. The van der Waals surface area contributed by atoms with Crippen LogP contribution in [0.1, 0.15) is 22.8 Å². The molecule has 4 N–H and O–H groups in total. The molecule has 508 valence electrons. The van der Waals surface area contributed by atoms with E-state index >= 15 is 0 Å². The maximum absolute atomic E-state index is 13.6. The highest BCUT2D eigenvalue weighted by Gasteiger charge is 2.22. The van der Waals surface area contributed by atoms with Gasteiger partial charge in [0.15, 0.2) is 34.2 Å². The molecule has 0 aliphatic carbocycles. The van der Waals surface area contributed by atoms with Crippen molar-refractivity contribution in [2.24, 2.45) is 0 Å². The number of hydrogen-bond acceptors (Lipinski definition) is 14. The van der Waals surface area contributed by atoms with Crippen LogP contribution in [0, 0.1) is 39.3 Å². The quantitative estimate of drug-likeness (QED) is 0.0805. The summed E-state index contributed by atoms with van der Waals surface area (Å²) >= 11 is 24.3. The summed E-state index contributed by atoms with van der Waals surface area (Å²) in [6.07, 6.45) is 14.4. The Bertz CT molecular complexity index is 5510. The molecule has 0 aliphatic rings. The number of anilines is 8. The summed E-state index contributed by atoms with van der Waals surface area (Å²) in [4.78, 5) is 36.5. The highest BCUT2D eigenvalue weighted by molar-refractivity contribution is 6.42. The third kappa shape index (κ3) is 15.1. The number of nitrogens with one attached hydrogen (secondary N) is 4. The van der Waals surface area contributed by atoms with Crippen molar-refractivity contribution >= 4 is 115 Å². The van der Waals surface area contributed by atoms with Crippen molar-refractivity contribution in [1.29, 1.82) is 0 Å². The lowest BCUT2D eigenvalue weighted by molar-refractivity contribution is 0.415. The van der Waals surface area contributed by atoms with Crippen LogP contribution in [0.15, 0.2) is 244 Å². The van der Waals surface area contributed by atoms with E-state index < -0.39 is 11.6 Å². The van der Waals surface area contributed by atoms with Crippen molar-refractivity contribution in [3.05, 3.63) is 298 Å². The van der Waals surface area contributed by atoms with E-state index in [4.69, 9.17) is 70.8 Å². The molecule has 0 fully saturated rings. The van der Waals surface area contributed by atoms with Crippen molar-refractivity contribution < 1.29 is 18.3 Å². The number of fused-ring (bicyclic) bond motifs is 4. The number of halogens is 6. The van der Waals surface area contributed by atoms with Gasteiger partial charge in [0.05, 0.1) is 47.0 Å². The number of imidazole rings is 4. The predicted molar refractivity (Wildman–Crippen MR) is 405 cm³/mol. The summed E-state index contributed by atoms with van der Waals surface area (Å²) in [5, 5.41) is 15.9. The molecule has 0 saturated carbocycles. The van der Waals surface area contributed by atoms with E-state index in [2.05, 4.69) is 46.2 Å². The van der Waals surface area contributed by atoms with Gasteiger partial charge in [-0.05, 0) is 125 Å². The molecule has 8 heterocycles. The normalized spacial score (nSPS) is 10.9. The summed E-state index contributed by atoms with van der Waals surface area (Å²) in [5.41, 5.74) is 16.6. The van der Waals surface area contributed by atoms with Crippen LogP contribution in [0.4, 0.5) is 54.8 Å². The Hall–Kier alpha value is -11.9. The van der Waals surface area contributed by atoms with Crippen molar-refractivity contribution in [1.82, 2.24) is 57.5 Å². The second-order valence-electron chi connectivity index (χ2n) is 23.0. The topological polar surface area (TPSA) is 187 Å². The molecule has 16 rings (SSSR count). The van der Waals surface area contributed by atoms with Crippen LogP contribution < -0.4 is 30.7 Å². The zero-order valence-corrected chi connectivity index (χ0v) is 58.6. The number of aromatic nitrogens is 12. The molecule has 0 amide bonds. The van der Waals surface area contributed by atoms with Gasteiger partial charge in [0.1, 0.15) is 57.5 Å². The fraction of sp³-hybridized carbons (Fsp3) is 0.0769. The van der Waals surface area contributed by atoms with E-state index in [9.17, 15) is 8.78 Å². The van der Waals surface area contributed by atoms with Crippen LogP contribution in [0.3, 0.4) is 0 Å². The number of benzene rings is 8. The third-order valence-corrected chi connectivity index (χ3v) is 17.4. The number of aryl methyl sites for hydroxylation is 4. The number of ether oxygens (including phenoxy) is 2. The first kappa shape index (κ1) is 68.6. The Balaban J connectivity index is 0.000000121. The van der Waals surface area contributed by atoms with Crippen molar-refractivity contribution in [3.8, 4) is 56.5 Å². The molecular formula is C78H62Cl4F2N16O2. The molecule has 16 aromatic rings. The molecule has 0 bridgehead atoms. The van der Waals surface area contributed by atoms with Gasteiger partial charge in [-0.3, -0.25) is 37.5 Å². The minimum atomic E-state index is -0.905. The van der Waals surface area contributed by atoms with Gasteiger partial charge in [-0.25, -0.2) is 28.7 Å². The third-order valence-electron chi connectivity index (χ3n) is 16.2. The summed E-state index contributed by atoms with van der Waals surface area (Å²) in [6, 6.07) is 59.7. The van der Waals surface area contributed by atoms with E-state index in [0.717, 1.165) is 137 Å². The van der Waals surface area contributed by atoms with Gasteiger partial charge < -0.3 is 30.7 Å². The van der Waals surface area contributed by atoms with E-state index in [-0.39, 0.29) is 0 Å². The average Bonchev–Trinajstić information content (AvgIpc) is 1.65. The maximum Gasteiger partial charge on any atom is 0.160 e. The zero-order chi connectivity index (χ0) is 71.0. The Morgan fingerprint density at radius 1 is 0.324 bits per heavy atom. The molecule has 0 spiro atoms. The summed E-state index contributed by atoms with van der Waals surface area (Å²) in [6.45, 7) is 7.71. The van der Waals surface area contributed by atoms with Gasteiger partial charge in [-0.2, -0.15) is 0 Å². The number of rotatable bonds is 14. The van der Waals surface area contributed by atoms with Gasteiger partial charge in [0, 0.05) is 111 Å². The molecule has 8 aromatic carbocycles. The van der Waals surface area contributed by atoms with Gasteiger partial charge in [0.25, 0.3) is 0 Å². The van der Waals surface area contributed by atoms with Crippen LogP contribution in [0.2, 0.25) is 20.1 Å².